The number of aryl methyl sites for hydroxylation is 2. The summed E-state index contributed by atoms with van der Waals surface area (Å²) in [6, 6.07) is 6.46. The van der Waals surface area contributed by atoms with Crippen molar-refractivity contribution in [2.75, 3.05) is 0 Å². The predicted molar refractivity (Wildman–Crippen MR) is 102 cm³/mol. The topological polar surface area (TPSA) is 26.3 Å². The van der Waals surface area contributed by atoms with Gasteiger partial charge in [-0.2, -0.15) is 0 Å². The SMILES string of the molecule is Cc1cccc(C)c1C(C)CCC(C)(C)OC(=O)C(C)(C)C(C)C. The lowest BCUT2D eigenvalue weighted by Crippen LogP contribution is -2.38. The number of esters is 1. The first kappa shape index (κ1) is 20.7. The van der Waals surface area contributed by atoms with Gasteiger partial charge in [-0.25, -0.2) is 0 Å². The minimum atomic E-state index is -0.449. The highest BCUT2D eigenvalue weighted by atomic mass is 16.6. The molecule has 24 heavy (non-hydrogen) atoms. The van der Waals surface area contributed by atoms with Crippen molar-refractivity contribution in [3.8, 4) is 0 Å². The van der Waals surface area contributed by atoms with Crippen molar-refractivity contribution < 1.29 is 9.53 Å². The van der Waals surface area contributed by atoms with E-state index in [-0.39, 0.29) is 11.9 Å². The molecule has 0 saturated heterocycles. The molecule has 136 valence electrons. The molecule has 1 rings (SSSR count). The first-order chi connectivity index (χ1) is 10.9. The van der Waals surface area contributed by atoms with Gasteiger partial charge in [0, 0.05) is 0 Å². The molecule has 0 amide bonds. The molecule has 0 N–H and O–H groups in total. The minimum absolute atomic E-state index is 0.0952. The van der Waals surface area contributed by atoms with Gasteiger partial charge in [-0.3, -0.25) is 4.79 Å². The van der Waals surface area contributed by atoms with E-state index in [1.54, 1.807) is 0 Å². The summed E-state index contributed by atoms with van der Waals surface area (Å²) < 4.78 is 5.87. The Morgan fingerprint density at radius 1 is 1.04 bits per heavy atom. The van der Waals surface area contributed by atoms with Crippen LogP contribution >= 0.6 is 0 Å². The first-order valence-corrected chi connectivity index (χ1v) is 9.18. The maximum Gasteiger partial charge on any atom is 0.312 e. The predicted octanol–water partition coefficient (Wildman–Crippen LogP) is 6.19. The zero-order chi connectivity index (χ0) is 18.7. The van der Waals surface area contributed by atoms with Gasteiger partial charge >= 0.3 is 5.97 Å². The molecule has 0 spiro atoms. The molecule has 1 aromatic carbocycles. The molecule has 0 radical (unpaired) electrons. The molecule has 0 aromatic heterocycles. The van der Waals surface area contributed by atoms with Crippen molar-refractivity contribution in [2.45, 2.75) is 86.7 Å². The standard InChI is InChI=1S/C22H36O2/c1-15(2)22(8,9)20(23)24-21(6,7)14-13-18(5)19-16(3)11-10-12-17(19)4/h10-12,15,18H,13-14H2,1-9H3. The van der Waals surface area contributed by atoms with Crippen LogP contribution in [0.15, 0.2) is 18.2 Å². The highest BCUT2D eigenvalue weighted by Gasteiger charge is 2.36. The summed E-state index contributed by atoms with van der Waals surface area (Å²) in [5.74, 6) is 0.624. The molecule has 0 aliphatic heterocycles. The van der Waals surface area contributed by atoms with E-state index in [9.17, 15) is 4.79 Å². The number of carbonyl (C=O) groups is 1. The fourth-order valence-electron chi connectivity index (χ4n) is 2.98. The number of carbonyl (C=O) groups excluding carboxylic acids is 1. The van der Waals surface area contributed by atoms with Gasteiger partial charge in [0.25, 0.3) is 0 Å². The summed E-state index contributed by atoms with van der Waals surface area (Å²) in [6.07, 6.45) is 1.87. The van der Waals surface area contributed by atoms with Crippen LogP contribution in [0.25, 0.3) is 0 Å². The molecule has 0 saturated carbocycles. The van der Waals surface area contributed by atoms with E-state index in [4.69, 9.17) is 4.74 Å². The van der Waals surface area contributed by atoms with Crippen LogP contribution < -0.4 is 0 Å². The van der Waals surface area contributed by atoms with Crippen LogP contribution in [0.4, 0.5) is 0 Å². The average molecular weight is 333 g/mol. The second kappa shape index (κ2) is 7.72. The van der Waals surface area contributed by atoms with Crippen LogP contribution in [-0.4, -0.2) is 11.6 Å². The van der Waals surface area contributed by atoms with Crippen LogP contribution in [0.3, 0.4) is 0 Å². The van der Waals surface area contributed by atoms with Crippen LogP contribution in [0.2, 0.25) is 0 Å². The van der Waals surface area contributed by atoms with Gasteiger partial charge in [0.15, 0.2) is 0 Å². The van der Waals surface area contributed by atoms with Gasteiger partial charge in [-0.05, 0) is 82.9 Å². The Kier molecular flexibility index (Phi) is 6.67. The number of hydrogen-bond acceptors (Lipinski definition) is 2. The molecule has 1 atom stereocenters. The van der Waals surface area contributed by atoms with E-state index in [1.165, 1.54) is 16.7 Å². The fourth-order valence-corrected chi connectivity index (χ4v) is 2.98. The Bertz CT molecular complexity index is 547. The number of rotatable bonds is 7. The average Bonchev–Trinajstić information content (AvgIpc) is 2.44. The summed E-state index contributed by atoms with van der Waals surface area (Å²) >= 11 is 0. The fraction of sp³-hybridized carbons (Fsp3) is 0.682. The second-order valence-corrected chi connectivity index (χ2v) is 8.77. The van der Waals surface area contributed by atoms with Gasteiger partial charge in [-0.1, -0.05) is 39.0 Å². The molecule has 2 nitrogen and oxygen atoms in total. The van der Waals surface area contributed by atoms with Gasteiger partial charge in [-0.15, -0.1) is 0 Å². The molecule has 1 aromatic rings. The van der Waals surface area contributed by atoms with E-state index in [0.717, 1.165) is 12.8 Å². The minimum Gasteiger partial charge on any atom is -0.459 e. The lowest BCUT2D eigenvalue weighted by molar-refractivity contribution is -0.170. The Balaban J connectivity index is 2.73. The van der Waals surface area contributed by atoms with Crippen LogP contribution in [-0.2, 0) is 9.53 Å². The normalized spacial score (nSPS) is 13.9. The molecule has 0 fully saturated rings. The first-order valence-electron chi connectivity index (χ1n) is 9.18. The zero-order valence-electron chi connectivity index (χ0n) is 17.1. The number of ether oxygens (including phenoxy) is 1. The highest BCUT2D eigenvalue weighted by Crippen LogP contribution is 2.33. The van der Waals surface area contributed by atoms with Crippen molar-refractivity contribution in [1.29, 1.82) is 0 Å². The molecule has 0 heterocycles. The van der Waals surface area contributed by atoms with Crippen LogP contribution in [0, 0.1) is 25.2 Å². The van der Waals surface area contributed by atoms with Crippen LogP contribution in [0.5, 0.6) is 0 Å². The Hall–Kier alpha value is -1.31. The zero-order valence-corrected chi connectivity index (χ0v) is 17.1. The van der Waals surface area contributed by atoms with Crippen molar-refractivity contribution in [3.05, 3.63) is 34.9 Å². The third-order valence-electron chi connectivity index (χ3n) is 5.55. The van der Waals surface area contributed by atoms with Gasteiger partial charge in [0.1, 0.15) is 5.60 Å². The van der Waals surface area contributed by atoms with Crippen LogP contribution in [0.1, 0.15) is 83.9 Å². The second-order valence-electron chi connectivity index (χ2n) is 8.77. The largest absolute Gasteiger partial charge is 0.459 e. The molecule has 2 heteroatoms. The van der Waals surface area contributed by atoms with E-state index >= 15 is 0 Å². The maximum atomic E-state index is 12.5. The van der Waals surface area contributed by atoms with Gasteiger partial charge in [0.05, 0.1) is 5.41 Å². The highest BCUT2D eigenvalue weighted by molar-refractivity contribution is 5.76. The van der Waals surface area contributed by atoms with Gasteiger partial charge in [0.2, 0.25) is 0 Å². The Morgan fingerprint density at radius 3 is 2.00 bits per heavy atom. The lowest BCUT2D eigenvalue weighted by Gasteiger charge is -2.33. The Morgan fingerprint density at radius 2 is 1.54 bits per heavy atom. The summed E-state index contributed by atoms with van der Waals surface area (Å²) in [5, 5.41) is 0. The summed E-state index contributed by atoms with van der Waals surface area (Å²) in [6.45, 7) is 18.7. The molecule has 0 bridgehead atoms. The van der Waals surface area contributed by atoms with E-state index in [1.807, 2.05) is 27.7 Å². The summed E-state index contributed by atoms with van der Waals surface area (Å²) in [4.78, 5) is 12.5. The quantitative estimate of drug-likeness (QED) is 0.556. The number of benzene rings is 1. The third-order valence-corrected chi connectivity index (χ3v) is 5.55. The van der Waals surface area contributed by atoms with Crippen molar-refractivity contribution >= 4 is 5.97 Å². The van der Waals surface area contributed by atoms with Crippen molar-refractivity contribution in [3.63, 3.8) is 0 Å². The van der Waals surface area contributed by atoms with Crippen molar-refractivity contribution in [2.24, 2.45) is 11.3 Å². The molecule has 1 unspecified atom stereocenters. The molecule has 0 aliphatic carbocycles. The third kappa shape index (κ3) is 5.09. The van der Waals surface area contributed by atoms with Crippen molar-refractivity contribution in [1.82, 2.24) is 0 Å². The van der Waals surface area contributed by atoms with E-state index < -0.39 is 11.0 Å². The van der Waals surface area contributed by atoms with Gasteiger partial charge < -0.3 is 4.74 Å². The summed E-state index contributed by atoms with van der Waals surface area (Å²) in [5.41, 5.74) is 3.24. The molecule has 0 aliphatic rings. The monoisotopic (exact) mass is 332 g/mol. The van der Waals surface area contributed by atoms with E-state index in [0.29, 0.717) is 5.92 Å². The molecular weight excluding hydrogens is 296 g/mol. The smallest absolute Gasteiger partial charge is 0.312 e. The maximum absolute atomic E-state index is 12.5. The Labute approximate surface area is 149 Å². The summed E-state index contributed by atoms with van der Waals surface area (Å²) in [7, 11) is 0. The number of hydrogen-bond donors (Lipinski definition) is 0. The molecular formula is C22H36O2. The van der Waals surface area contributed by atoms with E-state index in [2.05, 4.69) is 52.8 Å². The lowest BCUT2D eigenvalue weighted by atomic mass is 9.81.